The minimum atomic E-state index is -3.35. The lowest BCUT2D eigenvalue weighted by Crippen LogP contribution is -2.38. The zero-order valence-electron chi connectivity index (χ0n) is 16.5. The van der Waals surface area contributed by atoms with Crippen LogP contribution in [-0.2, 0) is 21.1 Å². The molecule has 1 N–H and O–H groups in total. The number of amides is 1. The van der Waals surface area contributed by atoms with Crippen LogP contribution in [0, 0.1) is 6.92 Å². The number of thiophene rings is 1. The van der Waals surface area contributed by atoms with Crippen LogP contribution in [0.15, 0.2) is 46.3 Å². The zero-order valence-corrected chi connectivity index (χ0v) is 18.1. The molecule has 154 valence electrons. The van der Waals surface area contributed by atoms with E-state index in [9.17, 15) is 13.2 Å². The molecular formula is C20H23N3O4S2. The molecule has 0 radical (unpaired) electrons. The molecule has 2 heterocycles. The maximum Gasteiger partial charge on any atom is 0.227 e. The molecule has 0 saturated heterocycles. The number of nitrogens with zero attached hydrogens (tertiary/aromatic N) is 2. The third-order valence-electron chi connectivity index (χ3n) is 4.67. The lowest BCUT2D eigenvalue weighted by Gasteiger charge is -2.24. The number of sulfone groups is 1. The zero-order chi connectivity index (χ0) is 21.0. The first-order valence-electron chi connectivity index (χ1n) is 9.15. The maximum atomic E-state index is 12.5. The molecule has 1 amide bonds. The van der Waals surface area contributed by atoms with Crippen LogP contribution in [0.4, 0.5) is 0 Å². The third-order valence-corrected chi connectivity index (χ3v) is 7.16. The van der Waals surface area contributed by atoms with Gasteiger partial charge in [0.2, 0.25) is 17.6 Å². The molecule has 0 aliphatic heterocycles. The third kappa shape index (κ3) is 5.51. The normalized spacial score (nSPS) is 13.8. The number of aryl methyl sites for hydroxylation is 2. The summed E-state index contributed by atoms with van der Waals surface area (Å²) in [5.74, 6) is 0.590. The van der Waals surface area contributed by atoms with E-state index < -0.39 is 21.1 Å². The summed E-state index contributed by atoms with van der Waals surface area (Å²) >= 11 is 1.51. The van der Waals surface area contributed by atoms with Gasteiger partial charge in [0, 0.05) is 19.1 Å². The molecule has 0 aliphatic rings. The van der Waals surface area contributed by atoms with Gasteiger partial charge in [-0.3, -0.25) is 4.79 Å². The summed E-state index contributed by atoms with van der Waals surface area (Å²) in [6.07, 6.45) is 1.57. The Bertz CT molecular complexity index is 1060. The Morgan fingerprint density at radius 1 is 1.24 bits per heavy atom. The van der Waals surface area contributed by atoms with E-state index in [1.807, 2.05) is 48.7 Å². The molecule has 0 aliphatic carbocycles. The molecule has 7 nitrogen and oxygen atoms in total. The van der Waals surface area contributed by atoms with Crippen molar-refractivity contribution < 1.29 is 17.7 Å². The summed E-state index contributed by atoms with van der Waals surface area (Å²) in [5.41, 5.74) is 1.81. The summed E-state index contributed by atoms with van der Waals surface area (Å²) in [5, 5.41) is 7.95. The van der Waals surface area contributed by atoms with Gasteiger partial charge in [-0.05, 0) is 30.9 Å². The van der Waals surface area contributed by atoms with E-state index in [-0.39, 0.29) is 18.7 Å². The Kier molecular flexibility index (Phi) is 6.49. The number of carbonyl (C=O) groups excluding carboxylic acids is 1. The smallest absolute Gasteiger partial charge is 0.227 e. The molecule has 0 unspecified atom stereocenters. The summed E-state index contributed by atoms with van der Waals surface area (Å²) < 4.78 is 29.4. The summed E-state index contributed by atoms with van der Waals surface area (Å²) in [4.78, 5) is 17.7. The van der Waals surface area contributed by atoms with Crippen LogP contribution in [0.2, 0.25) is 0 Å². The number of hydrogen-bond acceptors (Lipinski definition) is 7. The van der Waals surface area contributed by atoms with E-state index in [1.54, 1.807) is 6.92 Å². The van der Waals surface area contributed by atoms with Gasteiger partial charge in [0.15, 0.2) is 9.84 Å². The van der Waals surface area contributed by atoms with Crippen LogP contribution in [-0.4, -0.2) is 36.0 Å². The molecular weight excluding hydrogens is 410 g/mol. The van der Waals surface area contributed by atoms with Crippen molar-refractivity contribution in [2.24, 2.45) is 0 Å². The number of carbonyl (C=O) groups is 1. The van der Waals surface area contributed by atoms with Crippen molar-refractivity contribution in [3.05, 3.63) is 58.8 Å². The van der Waals surface area contributed by atoms with Crippen LogP contribution in [0.25, 0.3) is 10.7 Å². The second kappa shape index (κ2) is 8.87. The second-order valence-electron chi connectivity index (χ2n) is 6.98. The molecule has 3 rings (SSSR count). The van der Waals surface area contributed by atoms with Crippen LogP contribution in [0.5, 0.6) is 0 Å². The van der Waals surface area contributed by atoms with Crippen molar-refractivity contribution in [2.45, 2.75) is 38.0 Å². The molecule has 1 aromatic carbocycles. The maximum absolute atomic E-state index is 12.5. The Morgan fingerprint density at radius 2 is 1.97 bits per heavy atom. The Morgan fingerprint density at radius 3 is 2.59 bits per heavy atom. The Balaban J connectivity index is 1.67. The van der Waals surface area contributed by atoms with E-state index >= 15 is 0 Å². The van der Waals surface area contributed by atoms with Gasteiger partial charge in [-0.1, -0.05) is 41.1 Å². The van der Waals surface area contributed by atoms with Gasteiger partial charge in [0.05, 0.1) is 16.2 Å². The first-order chi connectivity index (χ1) is 13.7. The topological polar surface area (TPSA) is 102 Å². The molecule has 0 fully saturated rings. The van der Waals surface area contributed by atoms with E-state index in [1.165, 1.54) is 17.6 Å². The van der Waals surface area contributed by atoms with E-state index in [0.717, 1.165) is 16.0 Å². The van der Waals surface area contributed by atoms with Crippen LogP contribution < -0.4 is 5.32 Å². The fourth-order valence-electron chi connectivity index (χ4n) is 2.82. The standard InChI is InChI=1S/C20H23N3O4S2/c1-13-6-8-15(9-7-13)19(14(2)29(3,25)26)21-17(24)10-11-18-22-20(23-27-18)16-5-4-12-28-16/h4-9,12,14,19H,10-11H2,1-3H3,(H,21,24)/t14-,19-/m1/s1. The highest BCUT2D eigenvalue weighted by Crippen LogP contribution is 2.23. The van der Waals surface area contributed by atoms with Crippen molar-refractivity contribution in [1.82, 2.24) is 15.5 Å². The molecule has 2 atom stereocenters. The van der Waals surface area contributed by atoms with E-state index in [2.05, 4.69) is 15.5 Å². The van der Waals surface area contributed by atoms with Crippen molar-refractivity contribution in [3.8, 4) is 10.7 Å². The van der Waals surface area contributed by atoms with Crippen LogP contribution in [0.1, 0.15) is 36.4 Å². The highest BCUT2D eigenvalue weighted by molar-refractivity contribution is 7.91. The average molecular weight is 434 g/mol. The van der Waals surface area contributed by atoms with Crippen LogP contribution in [0.3, 0.4) is 0 Å². The molecule has 2 aromatic heterocycles. The summed E-state index contributed by atoms with van der Waals surface area (Å²) in [7, 11) is -3.35. The van der Waals surface area contributed by atoms with Crippen molar-refractivity contribution >= 4 is 27.1 Å². The van der Waals surface area contributed by atoms with Crippen LogP contribution >= 0.6 is 11.3 Å². The molecule has 0 spiro atoms. The first kappa shape index (κ1) is 21.2. The van der Waals surface area contributed by atoms with Gasteiger partial charge < -0.3 is 9.84 Å². The number of aromatic nitrogens is 2. The first-order valence-corrected chi connectivity index (χ1v) is 12.0. The monoisotopic (exact) mass is 433 g/mol. The molecule has 29 heavy (non-hydrogen) atoms. The van der Waals surface area contributed by atoms with Crippen molar-refractivity contribution in [3.63, 3.8) is 0 Å². The number of benzene rings is 1. The number of rotatable bonds is 8. The Labute approximate surface area is 174 Å². The Hall–Kier alpha value is -2.52. The summed E-state index contributed by atoms with van der Waals surface area (Å²) in [6, 6.07) is 10.6. The largest absolute Gasteiger partial charge is 0.348 e. The molecule has 0 saturated carbocycles. The fourth-order valence-corrected chi connectivity index (χ4v) is 4.19. The van der Waals surface area contributed by atoms with E-state index in [4.69, 9.17) is 4.52 Å². The minimum absolute atomic E-state index is 0.116. The second-order valence-corrected chi connectivity index (χ2v) is 10.3. The lowest BCUT2D eigenvalue weighted by atomic mass is 10.0. The van der Waals surface area contributed by atoms with Crippen molar-refractivity contribution in [1.29, 1.82) is 0 Å². The number of hydrogen-bond donors (Lipinski definition) is 1. The molecule has 3 aromatic rings. The fraction of sp³-hybridized carbons (Fsp3) is 0.350. The van der Waals surface area contributed by atoms with Crippen molar-refractivity contribution in [2.75, 3.05) is 6.26 Å². The van der Waals surface area contributed by atoms with Gasteiger partial charge in [-0.25, -0.2) is 8.42 Å². The van der Waals surface area contributed by atoms with Gasteiger partial charge >= 0.3 is 0 Å². The van der Waals surface area contributed by atoms with Gasteiger partial charge in [-0.15, -0.1) is 11.3 Å². The molecule has 9 heteroatoms. The van der Waals surface area contributed by atoms with E-state index in [0.29, 0.717) is 11.7 Å². The number of nitrogens with one attached hydrogen (secondary N) is 1. The lowest BCUT2D eigenvalue weighted by molar-refractivity contribution is -0.121. The molecule has 0 bridgehead atoms. The summed E-state index contributed by atoms with van der Waals surface area (Å²) in [6.45, 7) is 3.55. The SMILES string of the molecule is Cc1ccc([C@H](NC(=O)CCc2nc(-c3cccs3)no2)[C@@H](C)S(C)(=O)=O)cc1. The van der Waals surface area contributed by atoms with Gasteiger partial charge in [-0.2, -0.15) is 4.98 Å². The predicted molar refractivity (Wildman–Crippen MR) is 112 cm³/mol. The predicted octanol–water partition coefficient (Wildman–Crippen LogP) is 3.33. The quantitative estimate of drug-likeness (QED) is 0.585. The van der Waals surface area contributed by atoms with Gasteiger partial charge in [0.1, 0.15) is 0 Å². The average Bonchev–Trinajstić information content (AvgIpc) is 3.35. The van der Waals surface area contributed by atoms with Gasteiger partial charge in [0.25, 0.3) is 0 Å². The minimum Gasteiger partial charge on any atom is -0.348 e. The highest BCUT2D eigenvalue weighted by atomic mass is 32.2. The highest BCUT2D eigenvalue weighted by Gasteiger charge is 2.29.